The second kappa shape index (κ2) is 9.42. The molecule has 1 amide bonds. The van der Waals surface area contributed by atoms with Crippen LogP contribution < -0.4 is 11.0 Å². The van der Waals surface area contributed by atoms with E-state index in [0.29, 0.717) is 17.8 Å². The van der Waals surface area contributed by atoms with E-state index in [-0.39, 0.29) is 39.3 Å². The van der Waals surface area contributed by atoms with Crippen LogP contribution in [-0.2, 0) is 23.4 Å². The lowest BCUT2D eigenvalue weighted by atomic mass is 9.68. The van der Waals surface area contributed by atoms with E-state index in [1.54, 1.807) is 28.3 Å². The number of rotatable bonds is 5. The van der Waals surface area contributed by atoms with Crippen molar-refractivity contribution in [3.05, 3.63) is 58.1 Å². The maximum Gasteiger partial charge on any atom is 0.330 e. The average Bonchev–Trinajstić information content (AvgIpc) is 3.03. The van der Waals surface area contributed by atoms with Gasteiger partial charge in [-0.25, -0.2) is 18.2 Å². The van der Waals surface area contributed by atoms with Gasteiger partial charge < -0.3 is 5.32 Å². The summed E-state index contributed by atoms with van der Waals surface area (Å²) >= 11 is 0. The minimum Gasteiger partial charge on any atom is -0.349 e. The third-order valence-corrected chi connectivity index (χ3v) is 8.63. The summed E-state index contributed by atoms with van der Waals surface area (Å²) in [5.41, 5.74) is 2.68. The molecule has 4 rings (SSSR count). The van der Waals surface area contributed by atoms with Crippen LogP contribution in [0.5, 0.6) is 0 Å². The molecule has 9 heteroatoms. The van der Waals surface area contributed by atoms with Crippen LogP contribution in [0.2, 0.25) is 0 Å². The van der Waals surface area contributed by atoms with E-state index >= 15 is 0 Å². The Bertz CT molecular complexity index is 1490. The molecular weight excluding hydrogens is 488 g/mol. The Morgan fingerprint density at radius 1 is 1.14 bits per heavy atom. The number of pyridine rings is 1. The first-order valence-corrected chi connectivity index (χ1v) is 14.6. The number of sulfone groups is 1. The van der Waals surface area contributed by atoms with Gasteiger partial charge in [-0.2, -0.15) is 0 Å². The highest BCUT2D eigenvalue weighted by Gasteiger charge is 2.38. The summed E-state index contributed by atoms with van der Waals surface area (Å²) < 4.78 is 26.9. The Morgan fingerprint density at radius 3 is 2.38 bits per heavy atom. The van der Waals surface area contributed by atoms with Crippen molar-refractivity contribution in [2.45, 2.75) is 77.3 Å². The number of benzene rings is 1. The van der Waals surface area contributed by atoms with Gasteiger partial charge in [0.05, 0.1) is 10.4 Å². The molecule has 0 bridgehead atoms. The lowest BCUT2D eigenvalue weighted by Crippen LogP contribution is -2.48. The largest absolute Gasteiger partial charge is 0.349 e. The summed E-state index contributed by atoms with van der Waals surface area (Å²) in [4.78, 5) is 31.1. The minimum atomic E-state index is -3.32. The highest BCUT2D eigenvalue weighted by atomic mass is 32.2. The molecule has 1 aliphatic carbocycles. The zero-order valence-electron chi connectivity index (χ0n) is 22.8. The molecule has 2 unspecified atom stereocenters. The van der Waals surface area contributed by atoms with Crippen molar-refractivity contribution in [3.63, 3.8) is 0 Å². The zero-order valence-corrected chi connectivity index (χ0v) is 23.6. The first-order valence-electron chi connectivity index (χ1n) is 12.7. The van der Waals surface area contributed by atoms with Crippen molar-refractivity contribution in [3.8, 4) is 0 Å². The zero-order chi connectivity index (χ0) is 27.3. The van der Waals surface area contributed by atoms with Crippen molar-refractivity contribution in [2.24, 2.45) is 17.9 Å². The molecule has 37 heavy (non-hydrogen) atoms. The van der Waals surface area contributed by atoms with Crippen LogP contribution in [0.3, 0.4) is 0 Å². The maximum atomic E-state index is 13.1. The van der Waals surface area contributed by atoms with E-state index in [1.165, 1.54) is 12.1 Å². The second-order valence-corrected chi connectivity index (χ2v) is 14.4. The van der Waals surface area contributed by atoms with Gasteiger partial charge in [-0.15, -0.1) is 0 Å². The molecule has 3 aromatic rings. The van der Waals surface area contributed by atoms with E-state index in [9.17, 15) is 18.0 Å². The second-order valence-electron chi connectivity index (χ2n) is 12.3. The molecule has 2 aromatic heterocycles. The Morgan fingerprint density at radius 2 is 1.78 bits per heavy atom. The molecule has 0 radical (unpaired) electrons. The maximum absolute atomic E-state index is 13.1. The molecule has 1 fully saturated rings. The van der Waals surface area contributed by atoms with Gasteiger partial charge in [-0.05, 0) is 66.5 Å². The van der Waals surface area contributed by atoms with Crippen LogP contribution in [0, 0.1) is 10.8 Å². The highest BCUT2D eigenvalue weighted by Crippen LogP contribution is 2.42. The first-order chi connectivity index (χ1) is 17.1. The van der Waals surface area contributed by atoms with Crippen molar-refractivity contribution in [2.75, 3.05) is 6.26 Å². The van der Waals surface area contributed by atoms with Crippen LogP contribution in [-0.4, -0.2) is 40.7 Å². The monoisotopic (exact) mass is 526 g/mol. The lowest BCUT2D eigenvalue weighted by Gasteiger charge is -2.42. The molecule has 1 aliphatic rings. The molecule has 2 atom stereocenters. The molecule has 1 N–H and O–H groups in total. The van der Waals surface area contributed by atoms with Crippen LogP contribution in [0.25, 0.3) is 11.2 Å². The molecule has 0 saturated heterocycles. The summed E-state index contributed by atoms with van der Waals surface area (Å²) in [6, 6.07) is 9.98. The predicted molar refractivity (Wildman–Crippen MR) is 146 cm³/mol. The quantitative estimate of drug-likeness (QED) is 0.535. The minimum absolute atomic E-state index is 0.0394. The molecule has 0 spiro atoms. The number of aryl methyl sites for hydroxylation is 1. The fourth-order valence-corrected chi connectivity index (χ4v) is 5.83. The molecule has 1 saturated carbocycles. The average molecular weight is 527 g/mol. The van der Waals surface area contributed by atoms with Crippen LogP contribution >= 0.6 is 0 Å². The molecule has 1 aromatic carbocycles. The standard InChI is InChI=1S/C28H38N4O4S/c1-27(2,3)17-32-22-13-12-21(29-24(22)31(6)26(32)34)19-14-15-28(4,5)23(16-19)30-25(33)18-8-10-20(11-9-18)37(7,35)36/h8-13,19,23H,14-17H2,1-7H3,(H,30,33). The van der Waals surface area contributed by atoms with E-state index in [1.807, 2.05) is 12.1 Å². The molecule has 2 heterocycles. The van der Waals surface area contributed by atoms with Gasteiger partial charge in [0, 0.05) is 43.1 Å². The van der Waals surface area contributed by atoms with Gasteiger partial charge in [0.15, 0.2) is 15.5 Å². The molecular formula is C28H38N4O4S. The van der Waals surface area contributed by atoms with Gasteiger partial charge in [-0.1, -0.05) is 34.6 Å². The van der Waals surface area contributed by atoms with Gasteiger partial charge in [0.25, 0.3) is 5.91 Å². The topological polar surface area (TPSA) is 103 Å². The van der Waals surface area contributed by atoms with E-state index in [0.717, 1.165) is 36.7 Å². The normalized spacial score (nSPS) is 20.2. The number of amides is 1. The molecule has 200 valence electrons. The summed E-state index contributed by atoms with van der Waals surface area (Å²) in [5.74, 6) is -0.0692. The van der Waals surface area contributed by atoms with Crippen molar-refractivity contribution >= 4 is 26.9 Å². The van der Waals surface area contributed by atoms with Crippen LogP contribution in [0.15, 0.2) is 46.1 Å². The lowest BCUT2D eigenvalue weighted by molar-refractivity contribution is 0.0836. The first kappa shape index (κ1) is 27.1. The summed E-state index contributed by atoms with van der Waals surface area (Å²) in [5, 5.41) is 3.20. The Labute approximate surface area is 219 Å². The summed E-state index contributed by atoms with van der Waals surface area (Å²) in [6.07, 6.45) is 3.74. The van der Waals surface area contributed by atoms with Crippen molar-refractivity contribution in [1.82, 2.24) is 19.4 Å². The summed E-state index contributed by atoms with van der Waals surface area (Å²) in [7, 11) is -1.55. The highest BCUT2D eigenvalue weighted by molar-refractivity contribution is 7.90. The number of fused-ring (bicyclic) bond motifs is 1. The Balaban J connectivity index is 1.57. The third-order valence-electron chi connectivity index (χ3n) is 7.50. The van der Waals surface area contributed by atoms with E-state index in [2.05, 4.69) is 39.9 Å². The third kappa shape index (κ3) is 5.66. The molecule has 8 nitrogen and oxygen atoms in total. The molecule has 0 aliphatic heterocycles. The summed E-state index contributed by atoms with van der Waals surface area (Å²) in [6.45, 7) is 11.3. The van der Waals surface area contributed by atoms with Gasteiger partial charge >= 0.3 is 5.69 Å². The SMILES string of the molecule is Cn1c(=O)n(CC(C)(C)C)c2ccc(C3CCC(C)(C)C(NC(=O)c4ccc(S(C)(=O)=O)cc4)C3)nc21. The van der Waals surface area contributed by atoms with E-state index in [4.69, 9.17) is 4.98 Å². The number of aromatic nitrogens is 3. The number of hydrogen-bond acceptors (Lipinski definition) is 5. The van der Waals surface area contributed by atoms with Crippen LogP contribution in [0.1, 0.15) is 75.9 Å². The van der Waals surface area contributed by atoms with Crippen molar-refractivity contribution < 1.29 is 13.2 Å². The number of imidazole rings is 1. The van der Waals surface area contributed by atoms with Gasteiger partial charge in [-0.3, -0.25) is 13.9 Å². The Kier molecular flexibility index (Phi) is 6.90. The van der Waals surface area contributed by atoms with E-state index < -0.39 is 9.84 Å². The van der Waals surface area contributed by atoms with Gasteiger partial charge in [0.2, 0.25) is 0 Å². The number of carbonyl (C=O) groups is 1. The fraction of sp³-hybridized carbons (Fsp3) is 0.536. The number of nitrogens with one attached hydrogen (secondary N) is 1. The Hall–Kier alpha value is -2.94. The van der Waals surface area contributed by atoms with Gasteiger partial charge in [0.1, 0.15) is 0 Å². The van der Waals surface area contributed by atoms with Crippen molar-refractivity contribution in [1.29, 1.82) is 0 Å². The number of carbonyl (C=O) groups excluding carboxylic acids is 1. The smallest absolute Gasteiger partial charge is 0.330 e. The van der Waals surface area contributed by atoms with Crippen LogP contribution in [0.4, 0.5) is 0 Å². The predicted octanol–water partition coefficient (Wildman–Crippen LogP) is 4.28. The number of nitrogens with zero attached hydrogens (tertiary/aromatic N) is 3. The fourth-order valence-electron chi connectivity index (χ4n) is 5.20. The number of hydrogen-bond donors (Lipinski definition) is 1.